The van der Waals surface area contributed by atoms with Gasteiger partial charge in [-0.3, -0.25) is 10.2 Å². The van der Waals surface area contributed by atoms with Gasteiger partial charge in [-0.2, -0.15) is 0 Å². The molecule has 0 fully saturated rings. The number of thiophene rings is 1. The monoisotopic (exact) mass is 308 g/mol. The van der Waals surface area contributed by atoms with E-state index in [2.05, 4.69) is 5.32 Å². The van der Waals surface area contributed by atoms with E-state index in [1.807, 2.05) is 0 Å². The van der Waals surface area contributed by atoms with Crippen LogP contribution in [0.4, 0.5) is 19.9 Å². The first kappa shape index (κ1) is 15.0. The normalized spacial score (nSPS) is 10.2. The number of benzene rings is 1. The SMILES string of the molecule is CCN(C(=O)Nc1sccc1C(=O)O)c1ccc(F)cc1. The van der Waals surface area contributed by atoms with Gasteiger partial charge in [-0.25, -0.2) is 14.0 Å². The molecule has 0 radical (unpaired) electrons. The molecule has 0 aliphatic carbocycles. The molecule has 0 spiro atoms. The highest BCUT2D eigenvalue weighted by atomic mass is 32.1. The minimum atomic E-state index is -1.10. The van der Waals surface area contributed by atoms with Crippen LogP contribution < -0.4 is 10.2 Å². The van der Waals surface area contributed by atoms with Gasteiger partial charge >= 0.3 is 12.0 Å². The van der Waals surface area contributed by atoms with Gasteiger partial charge in [-0.1, -0.05) is 0 Å². The Kier molecular flexibility index (Phi) is 4.54. The van der Waals surface area contributed by atoms with Crippen LogP contribution in [0.2, 0.25) is 0 Å². The summed E-state index contributed by atoms with van der Waals surface area (Å²) in [6, 6.07) is 6.47. The van der Waals surface area contributed by atoms with Crippen molar-refractivity contribution >= 4 is 34.0 Å². The summed E-state index contributed by atoms with van der Waals surface area (Å²) >= 11 is 1.13. The molecule has 5 nitrogen and oxygen atoms in total. The van der Waals surface area contributed by atoms with Crippen LogP contribution in [0.1, 0.15) is 17.3 Å². The fourth-order valence-electron chi connectivity index (χ4n) is 1.80. The lowest BCUT2D eigenvalue weighted by Crippen LogP contribution is -2.34. The molecule has 110 valence electrons. The smallest absolute Gasteiger partial charge is 0.338 e. The van der Waals surface area contributed by atoms with E-state index in [0.29, 0.717) is 12.2 Å². The molecule has 0 unspecified atom stereocenters. The number of rotatable bonds is 4. The number of amides is 2. The average molecular weight is 308 g/mol. The molecular formula is C14H13FN2O3S. The number of carboxylic acids is 1. The minimum absolute atomic E-state index is 0.0449. The van der Waals surface area contributed by atoms with Crippen LogP contribution in [-0.4, -0.2) is 23.7 Å². The van der Waals surface area contributed by atoms with Crippen molar-refractivity contribution < 1.29 is 19.1 Å². The summed E-state index contributed by atoms with van der Waals surface area (Å²) in [5.74, 6) is -1.49. The number of anilines is 2. The van der Waals surface area contributed by atoms with E-state index in [1.165, 1.54) is 35.2 Å². The molecule has 21 heavy (non-hydrogen) atoms. The summed E-state index contributed by atoms with van der Waals surface area (Å²) < 4.78 is 12.9. The first-order valence-electron chi connectivity index (χ1n) is 6.17. The molecule has 0 saturated heterocycles. The number of carboxylic acid groups (broad SMARTS) is 1. The van der Waals surface area contributed by atoms with E-state index in [0.717, 1.165) is 11.3 Å². The van der Waals surface area contributed by atoms with Crippen LogP contribution in [0.3, 0.4) is 0 Å². The van der Waals surface area contributed by atoms with E-state index in [9.17, 15) is 14.0 Å². The quantitative estimate of drug-likeness (QED) is 0.906. The van der Waals surface area contributed by atoms with Gasteiger partial charge in [0.15, 0.2) is 0 Å². The van der Waals surface area contributed by atoms with Crippen LogP contribution in [0, 0.1) is 5.82 Å². The lowest BCUT2D eigenvalue weighted by Gasteiger charge is -2.21. The highest BCUT2D eigenvalue weighted by Gasteiger charge is 2.18. The van der Waals surface area contributed by atoms with Crippen LogP contribution in [0.5, 0.6) is 0 Å². The molecular weight excluding hydrogens is 295 g/mol. The maximum atomic E-state index is 12.9. The third-order valence-corrected chi connectivity index (χ3v) is 3.65. The van der Waals surface area contributed by atoms with Gasteiger partial charge in [-0.15, -0.1) is 11.3 Å². The number of carbonyl (C=O) groups is 2. The van der Waals surface area contributed by atoms with Gasteiger partial charge in [0.05, 0.1) is 5.56 Å². The Morgan fingerprint density at radius 1 is 1.29 bits per heavy atom. The molecule has 2 N–H and O–H groups in total. The molecule has 7 heteroatoms. The Bertz CT molecular complexity index is 654. The molecule has 2 rings (SSSR count). The molecule has 2 amide bonds. The van der Waals surface area contributed by atoms with Crippen molar-refractivity contribution in [2.45, 2.75) is 6.92 Å². The van der Waals surface area contributed by atoms with Gasteiger partial charge in [-0.05, 0) is 42.6 Å². The van der Waals surface area contributed by atoms with Gasteiger partial charge in [0.25, 0.3) is 0 Å². The third kappa shape index (κ3) is 3.38. The molecule has 2 aromatic rings. The lowest BCUT2D eigenvalue weighted by atomic mass is 10.3. The molecule has 0 aliphatic heterocycles. The van der Waals surface area contributed by atoms with Crippen LogP contribution in [0.15, 0.2) is 35.7 Å². The summed E-state index contributed by atoms with van der Waals surface area (Å²) in [4.78, 5) is 24.6. The Hall–Kier alpha value is -2.41. The number of nitrogens with zero attached hydrogens (tertiary/aromatic N) is 1. The predicted molar refractivity (Wildman–Crippen MR) is 79.7 cm³/mol. The van der Waals surface area contributed by atoms with Crippen molar-refractivity contribution in [1.29, 1.82) is 0 Å². The third-order valence-electron chi connectivity index (χ3n) is 2.82. The van der Waals surface area contributed by atoms with E-state index in [1.54, 1.807) is 12.3 Å². The van der Waals surface area contributed by atoms with Crippen molar-refractivity contribution in [3.05, 3.63) is 47.1 Å². The summed E-state index contributed by atoms with van der Waals surface area (Å²) in [5.41, 5.74) is 0.577. The second-order valence-electron chi connectivity index (χ2n) is 4.12. The number of hydrogen-bond donors (Lipinski definition) is 2. The van der Waals surface area contributed by atoms with Gasteiger partial charge < -0.3 is 5.11 Å². The zero-order chi connectivity index (χ0) is 15.4. The van der Waals surface area contributed by atoms with Crippen LogP contribution >= 0.6 is 11.3 Å². The van der Waals surface area contributed by atoms with Crippen LogP contribution in [-0.2, 0) is 0 Å². The Labute approximate surface area is 124 Å². The zero-order valence-electron chi connectivity index (χ0n) is 11.2. The lowest BCUT2D eigenvalue weighted by molar-refractivity contribution is 0.0698. The predicted octanol–water partition coefficient (Wildman–Crippen LogP) is 3.64. The topological polar surface area (TPSA) is 69.6 Å². The van der Waals surface area contributed by atoms with Crippen molar-refractivity contribution in [2.75, 3.05) is 16.8 Å². The summed E-state index contributed by atoms with van der Waals surface area (Å²) in [5, 5.41) is 13.4. The van der Waals surface area contributed by atoms with Crippen molar-refractivity contribution in [3.8, 4) is 0 Å². The van der Waals surface area contributed by atoms with E-state index in [4.69, 9.17) is 5.11 Å². The molecule has 1 aromatic carbocycles. The van der Waals surface area contributed by atoms with Crippen LogP contribution in [0.25, 0.3) is 0 Å². The fourth-order valence-corrected chi connectivity index (χ4v) is 2.57. The van der Waals surface area contributed by atoms with Gasteiger partial charge in [0.2, 0.25) is 0 Å². The number of halogens is 1. The first-order chi connectivity index (χ1) is 10.0. The van der Waals surface area contributed by atoms with Gasteiger partial charge in [0.1, 0.15) is 10.8 Å². The summed E-state index contributed by atoms with van der Waals surface area (Å²) in [6.45, 7) is 2.14. The van der Waals surface area contributed by atoms with Crippen molar-refractivity contribution in [3.63, 3.8) is 0 Å². The highest BCUT2D eigenvalue weighted by Crippen LogP contribution is 2.24. The molecule has 0 aliphatic rings. The second kappa shape index (κ2) is 6.36. The maximum Gasteiger partial charge on any atom is 0.338 e. The van der Waals surface area contributed by atoms with E-state index < -0.39 is 12.0 Å². The molecule has 1 aromatic heterocycles. The van der Waals surface area contributed by atoms with E-state index in [-0.39, 0.29) is 16.4 Å². The summed E-state index contributed by atoms with van der Waals surface area (Å²) in [6.07, 6.45) is 0. The Morgan fingerprint density at radius 2 is 1.95 bits per heavy atom. The number of hydrogen-bond acceptors (Lipinski definition) is 3. The number of carbonyl (C=O) groups excluding carboxylic acids is 1. The largest absolute Gasteiger partial charge is 0.478 e. The highest BCUT2D eigenvalue weighted by molar-refractivity contribution is 7.14. The van der Waals surface area contributed by atoms with E-state index >= 15 is 0 Å². The van der Waals surface area contributed by atoms with Crippen molar-refractivity contribution in [1.82, 2.24) is 0 Å². The number of aromatic carboxylic acids is 1. The molecule has 0 saturated carbocycles. The molecule has 0 atom stereocenters. The second-order valence-corrected chi connectivity index (χ2v) is 5.04. The maximum absolute atomic E-state index is 12.9. The zero-order valence-corrected chi connectivity index (χ0v) is 12.0. The number of urea groups is 1. The van der Waals surface area contributed by atoms with Gasteiger partial charge in [0, 0.05) is 12.2 Å². The standard InChI is InChI=1S/C14H13FN2O3S/c1-2-17(10-5-3-9(15)4-6-10)14(20)16-12-11(13(18)19)7-8-21-12/h3-8H,2H2,1H3,(H,16,20)(H,18,19). The summed E-state index contributed by atoms with van der Waals surface area (Å²) in [7, 11) is 0. The minimum Gasteiger partial charge on any atom is -0.478 e. The first-order valence-corrected chi connectivity index (χ1v) is 7.05. The fraction of sp³-hybridized carbons (Fsp3) is 0.143. The Morgan fingerprint density at radius 3 is 2.52 bits per heavy atom. The average Bonchev–Trinajstić information content (AvgIpc) is 2.90. The Balaban J connectivity index is 2.19. The molecule has 1 heterocycles. The number of nitrogens with one attached hydrogen (secondary N) is 1. The molecule has 0 bridgehead atoms. The van der Waals surface area contributed by atoms with Crippen molar-refractivity contribution in [2.24, 2.45) is 0 Å².